The molecule has 0 amide bonds. The van der Waals surface area contributed by atoms with Crippen LogP contribution in [0.15, 0.2) is 42.5 Å². The molecule has 1 N–H and O–H groups in total. The molecule has 0 aromatic heterocycles. The first-order valence-electron chi connectivity index (χ1n) is 10.2. The van der Waals surface area contributed by atoms with Crippen molar-refractivity contribution in [3.8, 4) is 11.5 Å². The van der Waals surface area contributed by atoms with Crippen molar-refractivity contribution in [3.05, 3.63) is 58.6 Å². The second-order valence-corrected chi connectivity index (χ2v) is 9.18. The highest BCUT2D eigenvalue weighted by molar-refractivity contribution is 6.30. The standard InChI is InChI=1S/C24H30ClNO5/c1-23(2,3)22(27)31-21-13-24(15-26-21,17-6-8-18(25)9-7-17)30-14-16-10-19(28-4)12-20(11-16)29-5/h6-12,21,26H,13-15H2,1-5H3. The van der Waals surface area contributed by atoms with Crippen LogP contribution in [0, 0.1) is 5.41 Å². The first kappa shape index (κ1) is 23.4. The lowest BCUT2D eigenvalue weighted by Gasteiger charge is -2.30. The first-order valence-corrected chi connectivity index (χ1v) is 10.6. The number of nitrogens with one attached hydrogen (secondary N) is 1. The van der Waals surface area contributed by atoms with Crippen LogP contribution in [0.1, 0.15) is 38.3 Å². The predicted molar refractivity (Wildman–Crippen MR) is 119 cm³/mol. The van der Waals surface area contributed by atoms with Gasteiger partial charge in [0.15, 0.2) is 6.23 Å². The van der Waals surface area contributed by atoms with Crippen molar-refractivity contribution >= 4 is 17.6 Å². The summed E-state index contributed by atoms with van der Waals surface area (Å²) in [5.74, 6) is 1.13. The van der Waals surface area contributed by atoms with E-state index in [1.54, 1.807) is 14.2 Å². The lowest BCUT2D eigenvalue weighted by molar-refractivity contribution is -0.160. The second kappa shape index (κ2) is 9.47. The Morgan fingerprint density at radius 3 is 2.26 bits per heavy atom. The van der Waals surface area contributed by atoms with Gasteiger partial charge in [-0.1, -0.05) is 23.7 Å². The molecule has 0 aliphatic carbocycles. The van der Waals surface area contributed by atoms with Gasteiger partial charge in [0.05, 0.1) is 26.2 Å². The van der Waals surface area contributed by atoms with Crippen molar-refractivity contribution in [1.29, 1.82) is 0 Å². The van der Waals surface area contributed by atoms with E-state index in [1.165, 1.54) is 0 Å². The van der Waals surface area contributed by atoms with Crippen LogP contribution in [0.2, 0.25) is 5.02 Å². The largest absolute Gasteiger partial charge is 0.497 e. The number of halogens is 1. The minimum absolute atomic E-state index is 0.255. The molecule has 3 rings (SSSR count). The van der Waals surface area contributed by atoms with Crippen molar-refractivity contribution in [1.82, 2.24) is 5.32 Å². The van der Waals surface area contributed by atoms with Gasteiger partial charge in [0.2, 0.25) is 0 Å². The van der Waals surface area contributed by atoms with E-state index in [0.717, 1.165) is 11.1 Å². The number of carbonyl (C=O) groups is 1. The fourth-order valence-corrected chi connectivity index (χ4v) is 3.58. The molecule has 0 bridgehead atoms. The van der Waals surface area contributed by atoms with Gasteiger partial charge in [-0.05, 0) is 56.2 Å². The number of hydrogen-bond acceptors (Lipinski definition) is 6. The third-order valence-electron chi connectivity index (χ3n) is 5.29. The Morgan fingerprint density at radius 1 is 1.10 bits per heavy atom. The predicted octanol–water partition coefficient (Wildman–Crippen LogP) is 4.68. The molecule has 168 valence electrons. The Balaban J connectivity index is 1.83. The van der Waals surface area contributed by atoms with Crippen LogP contribution in [-0.2, 0) is 26.5 Å². The molecule has 31 heavy (non-hydrogen) atoms. The molecule has 1 aliphatic heterocycles. The minimum Gasteiger partial charge on any atom is -0.497 e. The fourth-order valence-electron chi connectivity index (χ4n) is 3.45. The van der Waals surface area contributed by atoms with Crippen molar-refractivity contribution < 1.29 is 23.7 Å². The first-order chi connectivity index (χ1) is 14.6. The number of carbonyl (C=O) groups excluding carboxylic acids is 1. The van der Waals surface area contributed by atoms with Crippen molar-refractivity contribution in [2.75, 3.05) is 20.8 Å². The van der Waals surface area contributed by atoms with E-state index < -0.39 is 17.2 Å². The summed E-state index contributed by atoms with van der Waals surface area (Å²) >= 11 is 6.10. The van der Waals surface area contributed by atoms with E-state index in [9.17, 15) is 4.79 Å². The fraction of sp³-hybridized carbons (Fsp3) is 0.458. The Hall–Kier alpha value is -2.28. The molecule has 0 saturated carbocycles. The zero-order valence-electron chi connectivity index (χ0n) is 18.7. The molecular formula is C24H30ClNO5. The van der Waals surface area contributed by atoms with Gasteiger partial charge in [0, 0.05) is 24.1 Å². The molecule has 1 fully saturated rings. The van der Waals surface area contributed by atoms with Gasteiger partial charge >= 0.3 is 5.97 Å². The van der Waals surface area contributed by atoms with E-state index >= 15 is 0 Å². The summed E-state index contributed by atoms with van der Waals surface area (Å²) in [7, 11) is 3.23. The van der Waals surface area contributed by atoms with E-state index in [4.69, 9.17) is 30.5 Å². The molecule has 0 spiro atoms. The topological polar surface area (TPSA) is 66.0 Å². The second-order valence-electron chi connectivity index (χ2n) is 8.74. The summed E-state index contributed by atoms with van der Waals surface area (Å²) in [5, 5.41) is 3.95. The Morgan fingerprint density at radius 2 is 1.71 bits per heavy atom. The monoisotopic (exact) mass is 447 g/mol. The lowest BCUT2D eigenvalue weighted by atomic mass is 9.92. The molecule has 7 heteroatoms. The SMILES string of the molecule is COc1cc(COC2(c3ccc(Cl)cc3)CNC(OC(=O)C(C)(C)C)C2)cc(OC)c1. The average Bonchev–Trinajstić information content (AvgIpc) is 3.15. The third kappa shape index (κ3) is 5.70. The average molecular weight is 448 g/mol. The van der Waals surface area contributed by atoms with Crippen molar-refractivity contribution in [3.63, 3.8) is 0 Å². The Kier molecular flexibility index (Phi) is 7.14. The lowest BCUT2D eigenvalue weighted by Crippen LogP contribution is -2.33. The molecule has 2 atom stereocenters. The van der Waals surface area contributed by atoms with E-state index in [1.807, 2.05) is 63.2 Å². The van der Waals surface area contributed by atoms with Crippen LogP contribution in [0.4, 0.5) is 0 Å². The van der Waals surface area contributed by atoms with Gasteiger partial charge in [-0.25, -0.2) is 0 Å². The van der Waals surface area contributed by atoms with Crippen molar-refractivity contribution in [2.45, 2.75) is 45.6 Å². The quantitative estimate of drug-likeness (QED) is 0.622. The van der Waals surface area contributed by atoms with Gasteiger partial charge in [0.1, 0.15) is 17.1 Å². The zero-order chi connectivity index (χ0) is 22.6. The van der Waals surface area contributed by atoms with Crippen molar-refractivity contribution in [2.24, 2.45) is 5.41 Å². The van der Waals surface area contributed by atoms with E-state index in [2.05, 4.69) is 5.32 Å². The van der Waals surface area contributed by atoms with E-state index in [0.29, 0.717) is 36.1 Å². The van der Waals surface area contributed by atoms with Gasteiger partial charge in [-0.3, -0.25) is 10.1 Å². The maximum Gasteiger partial charge on any atom is 0.312 e. The summed E-state index contributed by atoms with van der Waals surface area (Å²) in [6.45, 7) is 6.34. The van der Waals surface area contributed by atoms with Gasteiger partial charge in [0.25, 0.3) is 0 Å². The van der Waals surface area contributed by atoms with Crippen LogP contribution < -0.4 is 14.8 Å². The highest BCUT2D eigenvalue weighted by atomic mass is 35.5. The normalized spacial score (nSPS) is 21.0. The van der Waals surface area contributed by atoms with E-state index in [-0.39, 0.29) is 5.97 Å². The molecular weight excluding hydrogens is 418 g/mol. The Bertz CT molecular complexity index is 887. The summed E-state index contributed by atoms with van der Waals surface area (Å²) in [4.78, 5) is 12.4. The van der Waals surface area contributed by atoms with Crippen LogP contribution in [-0.4, -0.2) is 33.0 Å². The minimum atomic E-state index is -0.677. The summed E-state index contributed by atoms with van der Waals surface area (Å²) in [5.41, 5.74) is 0.628. The number of rotatable bonds is 7. The molecule has 1 saturated heterocycles. The molecule has 2 aromatic carbocycles. The van der Waals surface area contributed by atoms with Crippen LogP contribution in [0.5, 0.6) is 11.5 Å². The maximum absolute atomic E-state index is 12.4. The molecule has 2 aromatic rings. The molecule has 1 heterocycles. The number of methoxy groups -OCH3 is 2. The van der Waals surface area contributed by atoms with Gasteiger partial charge in [-0.2, -0.15) is 0 Å². The third-order valence-corrected chi connectivity index (χ3v) is 5.54. The molecule has 0 radical (unpaired) electrons. The highest BCUT2D eigenvalue weighted by Gasteiger charge is 2.44. The number of benzene rings is 2. The zero-order valence-corrected chi connectivity index (χ0v) is 19.4. The molecule has 1 aliphatic rings. The molecule has 2 unspecified atom stereocenters. The summed E-state index contributed by atoms with van der Waals surface area (Å²) in [6.07, 6.45) is 0.0413. The van der Waals surface area contributed by atoms with Crippen LogP contribution in [0.3, 0.4) is 0 Å². The number of hydrogen-bond donors (Lipinski definition) is 1. The van der Waals surface area contributed by atoms with Crippen LogP contribution >= 0.6 is 11.6 Å². The smallest absolute Gasteiger partial charge is 0.312 e. The van der Waals surface area contributed by atoms with Gasteiger partial charge in [-0.15, -0.1) is 0 Å². The molecule has 6 nitrogen and oxygen atoms in total. The van der Waals surface area contributed by atoms with Crippen LogP contribution in [0.25, 0.3) is 0 Å². The number of ether oxygens (including phenoxy) is 4. The Labute approximate surface area is 188 Å². The highest BCUT2D eigenvalue weighted by Crippen LogP contribution is 2.37. The van der Waals surface area contributed by atoms with Gasteiger partial charge < -0.3 is 18.9 Å². The maximum atomic E-state index is 12.4. The summed E-state index contributed by atoms with van der Waals surface area (Å²) < 4.78 is 22.9. The number of esters is 1. The summed E-state index contributed by atoms with van der Waals surface area (Å²) in [6, 6.07) is 13.2.